The second-order valence-corrected chi connectivity index (χ2v) is 23.6. The summed E-state index contributed by atoms with van der Waals surface area (Å²) in [5, 5.41) is 26.5. The molecule has 20 heteroatoms. The van der Waals surface area contributed by atoms with Gasteiger partial charge >= 0.3 is 5.97 Å². The van der Waals surface area contributed by atoms with E-state index in [1.54, 1.807) is 6.08 Å². The van der Waals surface area contributed by atoms with Gasteiger partial charge in [-0.15, -0.1) is 18.3 Å². The molecule has 0 aromatic heterocycles. The van der Waals surface area contributed by atoms with Gasteiger partial charge in [0.15, 0.2) is 6.10 Å². The van der Waals surface area contributed by atoms with Crippen LogP contribution in [0.3, 0.4) is 0 Å². The molecule has 428 valence electrons. The first-order valence-electron chi connectivity index (χ1n) is 28.0. The molecule has 0 radical (unpaired) electrons. The summed E-state index contributed by atoms with van der Waals surface area (Å²) in [5.74, 6) is -9.65. The van der Waals surface area contributed by atoms with Crippen LogP contribution < -0.4 is 16.0 Å². The number of likely N-dealkylation sites (tertiary alicyclic amines) is 3. The number of carboxylic acids is 1. The summed E-state index contributed by atoms with van der Waals surface area (Å²) >= 11 is 1.43. The number of carboxylic acid groups (broad SMARTS) is 1. The average Bonchev–Trinajstić information content (AvgIpc) is 4.43. The van der Waals surface area contributed by atoms with Crippen LogP contribution in [0.5, 0.6) is 0 Å². The van der Waals surface area contributed by atoms with Gasteiger partial charge in [0.05, 0.1) is 47.4 Å². The number of aliphatic hydroxyl groups excluding tert-OH is 1. The first-order valence-corrected chi connectivity index (χ1v) is 29.1. The van der Waals surface area contributed by atoms with Gasteiger partial charge in [-0.2, -0.15) is 0 Å². The third-order valence-corrected chi connectivity index (χ3v) is 17.7. The predicted octanol–water partition coefficient (Wildman–Crippen LogP) is 4.02. The minimum Gasteiger partial charge on any atom is -0.479 e. The van der Waals surface area contributed by atoms with E-state index in [9.17, 15) is 53.1 Å². The maximum atomic E-state index is 14.5. The van der Waals surface area contributed by atoms with E-state index in [0.717, 1.165) is 5.56 Å². The number of nitrogens with one attached hydrogen (secondary N) is 3. The van der Waals surface area contributed by atoms with Gasteiger partial charge in [-0.1, -0.05) is 72.9 Å². The first-order chi connectivity index (χ1) is 37.9. The summed E-state index contributed by atoms with van der Waals surface area (Å²) < 4.78 is 5.39. The highest BCUT2D eigenvalue weighted by molar-refractivity contribution is 8.00. The molecule has 6 aliphatic rings. The Morgan fingerprint density at radius 1 is 0.633 bits per heavy atom. The number of allylic oxidation sites excluding steroid dienone is 6. The predicted molar refractivity (Wildman–Crippen MR) is 294 cm³/mol. The van der Waals surface area contributed by atoms with Crippen molar-refractivity contribution in [1.29, 1.82) is 0 Å². The number of aliphatic carboxylic acids is 1. The fourth-order valence-corrected chi connectivity index (χ4v) is 13.5. The molecule has 79 heavy (non-hydrogen) atoms. The Morgan fingerprint density at radius 3 is 1.48 bits per heavy atom. The lowest BCUT2D eigenvalue weighted by Crippen LogP contribution is -2.36. The number of carbonyl (C=O) groups is 10. The van der Waals surface area contributed by atoms with Crippen LogP contribution in [0.25, 0.3) is 6.08 Å². The van der Waals surface area contributed by atoms with Gasteiger partial charge in [-0.05, 0) is 107 Å². The largest absolute Gasteiger partial charge is 0.479 e. The van der Waals surface area contributed by atoms with Crippen molar-refractivity contribution in [2.24, 2.45) is 71.0 Å². The van der Waals surface area contributed by atoms with Gasteiger partial charge in [0.2, 0.25) is 53.2 Å². The van der Waals surface area contributed by atoms with Crippen molar-refractivity contribution in [3.8, 4) is 0 Å². The Bertz CT molecular complexity index is 2550. The zero-order valence-corrected chi connectivity index (χ0v) is 46.6. The van der Waals surface area contributed by atoms with Crippen molar-refractivity contribution in [3.63, 3.8) is 0 Å². The molecule has 0 spiro atoms. The lowest BCUT2D eigenvalue weighted by Gasteiger charge is -2.21. The van der Waals surface area contributed by atoms with Gasteiger partial charge < -0.3 is 30.9 Å². The standard InChI is InChI=1S/C59H78N6O13S/c1-6-38-31-40(47-46(38)53(70)63(54(47)71)25-11-16-45(68)61-24-30-79-36(5)52(69)62-34(2)3)19-20-42-33-43(51-50(42)55(72)64(56(51)73)26-10-15-44(67)60-23-28-66)22-21-41-32-39(18-17-37-13-8-7-9-14-37)48-49(41)58(75)65(57(48)74)27-12-29-78-35(4)59(76)77/h6-9,13-14,17-22,34-36,38-43,46-51,66H,1,10-12,15-16,23-33H2,2-5H3,(H,60,67)(H,61,68)(H,62,69)(H,76,77)/b18-17+,20-19-,22-21-. The molecule has 14 atom stereocenters. The molecule has 3 aliphatic heterocycles. The zero-order valence-electron chi connectivity index (χ0n) is 45.7. The van der Waals surface area contributed by atoms with Crippen LogP contribution in [0.2, 0.25) is 0 Å². The van der Waals surface area contributed by atoms with E-state index in [2.05, 4.69) is 22.5 Å². The minimum atomic E-state index is -1.12. The van der Waals surface area contributed by atoms with Crippen molar-refractivity contribution in [2.45, 2.75) is 96.5 Å². The number of imide groups is 3. The van der Waals surface area contributed by atoms with Crippen molar-refractivity contribution in [3.05, 3.63) is 78.9 Å². The molecule has 5 N–H and O–H groups in total. The highest BCUT2D eigenvalue weighted by atomic mass is 32.2. The lowest BCUT2D eigenvalue weighted by molar-refractivity contribution is -0.150. The lowest BCUT2D eigenvalue weighted by atomic mass is 9.86. The molecule has 0 bridgehead atoms. The number of amides is 9. The summed E-state index contributed by atoms with van der Waals surface area (Å²) in [6.45, 7) is 11.4. The number of hydrogen-bond donors (Lipinski definition) is 5. The van der Waals surface area contributed by atoms with E-state index >= 15 is 0 Å². The molecule has 14 unspecified atom stereocenters. The SMILES string of the molecule is C=CC1CC(/C=C\C2CC(/C=C\C3CC(/C=C/c4ccccc4)C4C(=O)N(CCCOC(C)C(=O)O)C(=O)C34)C3C(=O)N(CCCC(=O)NCCO)C(=O)C23)C2C(=O)N(CCCC(=O)NCCSC(C)C(=O)NC(C)C)C(=O)C12. The molecule has 3 aliphatic carbocycles. The topological polar surface area (TPSA) is 266 Å². The van der Waals surface area contributed by atoms with Crippen molar-refractivity contribution >= 4 is 77.0 Å². The number of carbonyl (C=O) groups excluding carboxylic acids is 9. The minimum absolute atomic E-state index is 0.0110. The van der Waals surface area contributed by atoms with Crippen molar-refractivity contribution < 1.29 is 62.9 Å². The van der Waals surface area contributed by atoms with E-state index in [0.29, 0.717) is 31.6 Å². The van der Waals surface area contributed by atoms with E-state index in [-0.39, 0.29) is 154 Å². The molecule has 3 heterocycles. The number of aliphatic hydroxyl groups is 1. The van der Waals surface area contributed by atoms with E-state index in [1.807, 2.05) is 87.6 Å². The fraction of sp³-hybridized carbons (Fsp3) is 0.593. The van der Waals surface area contributed by atoms with Crippen molar-refractivity contribution in [1.82, 2.24) is 30.7 Å². The molecule has 19 nitrogen and oxygen atoms in total. The smallest absolute Gasteiger partial charge is 0.332 e. The molecule has 3 saturated carbocycles. The van der Waals surface area contributed by atoms with Gasteiger partial charge in [0.25, 0.3) is 0 Å². The van der Waals surface area contributed by atoms with Crippen LogP contribution in [0.15, 0.2) is 73.4 Å². The van der Waals surface area contributed by atoms with Crippen LogP contribution in [0, 0.1) is 71.0 Å². The molecule has 1 aromatic rings. The average molecular weight is 1110 g/mol. The Labute approximate surface area is 466 Å². The summed E-state index contributed by atoms with van der Waals surface area (Å²) in [6.07, 6.45) is 14.5. The molecule has 6 fully saturated rings. The fourth-order valence-electron chi connectivity index (χ4n) is 12.7. The zero-order chi connectivity index (χ0) is 57.1. The maximum Gasteiger partial charge on any atom is 0.332 e. The summed E-state index contributed by atoms with van der Waals surface area (Å²) in [5.41, 5.74) is 0.932. The summed E-state index contributed by atoms with van der Waals surface area (Å²) in [6, 6.07) is 9.65. The number of ether oxygens (including phenoxy) is 1. The maximum absolute atomic E-state index is 14.5. The van der Waals surface area contributed by atoms with E-state index < -0.39 is 65.3 Å². The Hall–Kier alpha value is -6.25. The van der Waals surface area contributed by atoms with Crippen LogP contribution in [-0.2, 0) is 52.7 Å². The number of nitrogens with zero attached hydrogens (tertiary/aromatic N) is 3. The number of benzene rings is 1. The summed E-state index contributed by atoms with van der Waals surface area (Å²) in [7, 11) is 0. The van der Waals surface area contributed by atoms with Gasteiger partial charge in [-0.25, -0.2) is 4.79 Å². The third-order valence-electron chi connectivity index (χ3n) is 16.6. The van der Waals surface area contributed by atoms with Crippen LogP contribution in [0.1, 0.15) is 84.6 Å². The highest BCUT2D eigenvalue weighted by Gasteiger charge is 2.60. The molecule has 1 aromatic carbocycles. The van der Waals surface area contributed by atoms with E-state index in [1.165, 1.54) is 33.4 Å². The number of hydrogen-bond acceptors (Lipinski definition) is 13. The van der Waals surface area contributed by atoms with Gasteiger partial charge in [-0.3, -0.25) is 57.9 Å². The Morgan fingerprint density at radius 2 is 1.05 bits per heavy atom. The van der Waals surface area contributed by atoms with E-state index in [4.69, 9.17) is 9.84 Å². The molecule has 7 rings (SSSR count). The van der Waals surface area contributed by atoms with Gasteiger partial charge in [0.1, 0.15) is 0 Å². The Kier molecular flexibility index (Phi) is 21.2. The number of thioether (sulfide) groups is 1. The molecular weight excluding hydrogens is 1030 g/mol. The highest BCUT2D eigenvalue weighted by Crippen LogP contribution is 2.53. The molecule has 9 amide bonds. The first kappa shape index (κ1) is 60.4. The second-order valence-electron chi connectivity index (χ2n) is 22.1. The third kappa shape index (κ3) is 14.2. The van der Waals surface area contributed by atoms with Crippen LogP contribution >= 0.6 is 11.8 Å². The number of fused-ring (bicyclic) bond motifs is 3. The number of rotatable bonds is 29. The monoisotopic (exact) mass is 1110 g/mol. The van der Waals surface area contributed by atoms with Gasteiger partial charge in [0, 0.05) is 64.0 Å². The summed E-state index contributed by atoms with van der Waals surface area (Å²) in [4.78, 5) is 138. The van der Waals surface area contributed by atoms with Crippen LogP contribution in [-0.4, -0.2) is 153 Å². The second kappa shape index (κ2) is 27.8. The van der Waals surface area contributed by atoms with Crippen LogP contribution in [0.4, 0.5) is 0 Å². The quantitative estimate of drug-likeness (QED) is 0.0431. The molecule has 3 saturated heterocycles. The normalized spacial score (nSPS) is 29.2. The van der Waals surface area contributed by atoms with Crippen molar-refractivity contribution in [2.75, 3.05) is 51.7 Å². The molecular formula is C59H78N6O13S. The Balaban J connectivity index is 1.06.